The second-order valence-electron chi connectivity index (χ2n) is 8.00. The van der Waals surface area contributed by atoms with E-state index in [0.717, 1.165) is 44.7 Å². The highest BCUT2D eigenvalue weighted by Crippen LogP contribution is 2.27. The summed E-state index contributed by atoms with van der Waals surface area (Å²) in [5.41, 5.74) is 0.982. The number of rotatable bonds is 9. The molecule has 1 fully saturated rings. The van der Waals surface area contributed by atoms with Crippen LogP contribution in [0.2, 0.25) is 0 Å². The fraction of sp³-hybridized carbons (Fsp3) is 0.636. The van der Waals surface area contributed by atoms with E-state index in [-0.39, 0.29) is 23.5 Å². The van der Waals surface area contributed by atoms with Gasteiger partial charge in [-0.2, -0.15) is 0 Å². The lowest BCUT2D eigenvalue weighted by Gasteiger charge is -2.34. The van der Waals surface area contributed by atoms with Crippen LogP contribution in [-0.4, -0.2) is 60.9 Å². The van der Waals surface area contributed by atoms with Crippen molar-refractivity contribution in [2.75, 3.05) is 39.3 Å². The SMILES string of the molecule is CCN1CCN(C(=O)CCNC(=O)CC(CC(C)C)c2ccc(F)cc2)CC1. The van der Waals surface area contributed by atoms with Gasteiger partial charge in [0.05, 0.1) is 0 Å². The summed E-state index contributed by atoms with van der Waals surface area (Å²) in [5.74, 6) is 0.270. The molecule has 5 nitrogen and oxygen atoms in total. The minimum atomic E-state index is -0.269. The van der Waals surface area contributed by atoms with Crippen molar-refractivity contribution in [1.29, 1.82) is 0 Å². The van der Waals surface area contributed by atoms with E-state index in [4.69, 9.17) is 0 Å². The van der Waals surface area contributed by atoms with E-state index in [1.807, 2.05) is 4.90 Å². The Morgan fingerprint density at radius 3 is 2.32 bits per heavy atom. The molecule has 1 aromatic rings. The maximum atomic E-state index is 13.2. The topological polar surface area (TPSA) is 52.6 Å². The van der Waals surface area contributed by atoms with E-state index in [2.05, 4.69) is 31.0 Å². The summed E-state index contributed by atoms with van der Waals surface area (Å²) in [4.78, 5) is 28.9. The van der Waals surface area contributed by atoms with Gasteiger partial charge in [-0.15, -0.1) is 0 Å². The van der Waals surface area contributed by atoms with E-state index in [1.54, 1.807) is 12.1 Å². The number of likely N-dealkylation sites (N-methyl/N-ethyl adjacent to an activating group) is 1. The van der Waals surface area contributed by atoms with E-state index in [0.29, 0.717) is 25.3 Å². The highest BCUT2D eigenvalue weighted by Gasteiger charge is 2.21. The molecular weight excluding hydrogens is 357 g/mol. The smallest absolute Gasteiger partial charge is 0.224 e. The van der Waals surface area contributed by atoms with Crippen molar-refractivity contribution in [2.45, 2.75) is 46.0 Å². The van der Waals surface area contributed by atoms with Gasteiger partial charge in [-0.1, -0.05) is 32.9 Å². The molecule has 0 aromatic heterocycles. The number of carbonyl (C=O) groups is 2. The van der Waals surface area contributed by atoms with Crippen molar-refractivity contribution in [2.24, 2.45) is 5.92 Å². The first-order valence-corrected chi connectivity index (χ1v) is 10.4. The number of nitrogens with zero attached hydrogens (tertiary/aromatic N) is 2. The molecular formula is C22H34FN3O2. The first kappa shape index (κ1) is 22.3. The molecule has 28 heavy (non-hydrogen) atoms. The first-order valence-electron chi connectivity index (χ1n) is 10.4. The third-order valence-corrected chi connectivity index (χ3v) is 5.36. The molecule has 1 unspecified atom stereocenters. The second-order valence-corrected chi connectivity index (χ2v) is 8.00. The Bertz CT molecular complexity index is 625. The van der Waals surface area contributed by atoms with Gasteiger partial charge in [-0.05, 0) is 42.5 Å². The first-order chi connectivity index (χ1) is 13.4. The lowest BCUT2D eigenvalue weighted by Crippen LogP contribution is -2.49. The van der Waals surface area contributed by atoms with Gasteiger partial charge in [0.2, 0.25) is 11.8 Å². The van der Waals surface area contributed by atoms with Crippen LogP contribution >= 0.6 is 0 Å². The zero-order chi connectivity index (χ0) is 20.5. The Morgan fingerprint density at radius 2 is 1.75 bits per heavy atom. The van der Waals surface area contributed by atoms with Crippen LogP contribution in [0.3, 0.4) is 0 Å². The van der Waals surface area contributed by atoms with Crippen molar-refractivity contribution in [1.82, 2.24) is 15.1 Å². The molecule has 1 saturated heterocycles. The van der Waals surface area contributed by atoms with Crippen LogP contribution in [0.5, 0.6) is 0 Å². The molecule has 1 aromatic carbocycles. The third kappa shape index (κ3) is 7.23. The highest BCUT2D eigenvalue weighted by molar-refractivity contribution is 5.79. The summed E-state index contributed by atoms with van der Waals surface area (Å²) in [6, 6.07) is 6.40. The summed E-state index contributed by atoms with van der Waals surface area (Å²) in [6.45, 7) is 11.1. The predicted molar refractivity (Wildman–Crippen MR) is 110 cm³/mol. The molecule has 1 N–H and O–H groups in total. The summed E-state index contributed by atoms with van der Waals surface area (Å²) in [6.07, 6.45) is 1.55. The molecule has 0 radical (unpaired) electrons. The van der Waals surface area contributed by atoms with Crippen LogP contribution in [0.1, 0.15) is 51.5 Å². The lowest BCUT2D eigenvalue weighted by atomic mass is 9.87. The molecule has 1 atom stereocenters. The van der Waals surface area contributed by atoms with E-state index >= 15 is 0 Å². The van der Waals surface area contributed by atoms with Crippen LogP contribution in [0, 0.1) is 11.7 Å². The van der Waals surface area contributed by atoms with Gasteiger partial charge in [0, 0.05) is 45.6 Å². The molecule has 156 valence electrons. The van der Waals surface area contributed by atoms with Crippen LogP contribution in [0.25, 0.3) is 0 Å². The van der Waals surface area contributed by atoms with Crippen LogP contribution < -0.4 is 5.32 Å². The number of hydrogen-bond donors (Lipinski definition) is 1. The minimum Gasteiger partial charge on any atom is -0.356 e. The Morgan fingerprint density at radius 1 is 1.11 bits per heavy atom. The molecule has 6 heteroatoms. The minimum absolute atomic E-state index is 0.0541. The normalized spacial score (nSPS) is 16.2. The van der Waals surface area contributed by atoms with Gasteiger partial charge >= 0.3 is 0 Å². The fourth-order valence-electron chi connectivity index (χ4n) is 3.72. The molecule has 0 aliphatic carbocycles. The third-order valence-electron chi connectivity index (χ3n) is 5.36. The largest absolute Gasteiger partial charge is 0.356 e. The van der Waals surface area contributed by atoms with Crippen molar-refractivity contribution in [3.05, 3.63) is 35.6 Å². The van der Waals surface area contributed by atoms with Crippen molar-refractivity contribution in [3.63, 3.8) is 0 Å². The van der Waals surface area contributed by atoms with Gasteiger partial charge in [0.25, 0.3) is 0 Å². The molecule has 0 spiro atoms. The Hall–Kier alpha value is -1.95. The number of piperazine rings is 1. The predicted octanol–water partition coefficient (Wildman–Crippen LogP) is 3.02. The van der Waals surface area contributed by atoms with Crippen LogP contribution in [-0.2, 0) is 9.59 Å². The Kier molecular flexibility index (Phi) is 8.90. The van der Waals surface area contributed by atoms with Gasteiger partial charge in [-0.25, -0.2) is 4.39 Å². The van der Waals surface area contributed by atoms with Crippen molar-refractivity contribution >= 4 is 11.8 Å². The maximum Gasteiger partial charge on any atom is 0.224 e. The van der Waals surface area contributed by atoms with Gasteiger partial charge in [-0.3, -0.25) is 9.59 Å². The second kappa shape index (κ2) is 11.1. The van der Waals surface area contributed by atoms with Crippen LogP contribution in [0.4, 0.5) is 4.39 Å². The average molecular weight is 392 g/mol. The molecule has 2 rings (SSSR count). The van der Waals surface area contributed by atoms with E-state index < -0.39 is 0 Å². The quantitative estimate of drug-likeness (QED) is 0.704. The highest BCUT2D eigenvalue weighted by atomic mass is 19.1. The summed E-state index contributed by atoms with van der Waals surface area (Å²) in [5, 5.41) is 2.89. The number of nitrogens with one attached hydrogen (secondary N) is 1. The molecule has 0 bridgehead atoms. The summed E-state index contributed by atoms with van der Waals surface area (Å²) in [7, 11) is 0. The number of amides is 2. The van der Waals surface area contributed by atoms with Crippen molar-refractivity contribution in [3.8, 4) is 0 Å². The van der Waals surface area contributed by atoms with Gasteiger partial charge < -0.3 is 15.1 Å². The number of hydrogen-bond acceptors (Lipinski definition) is 3. The van der Waals surface area contributed by atoms with Gasteiger partial charge in [0.1, 0.15) is 5.82 Å². The summed E-state index contributed by atoms with van der Waals surface area (Å²) >= 11 is 0. The molecule has 0 saturated carbocycles. The van der Waals surface area contributed by atoms with Crippen LogP contribution in [0.15, 0.2) is 24.3 Å². The molecule has 1 heterocycles. The fourth-order valence-corrected chi connectivity index (χ4v) is 3.72. The Labute approximate surface area is 168 Å². The van der Waals surface area contributed by atoms with Gasteiger partial charge in [0.15, 0.2) is 0 Å². The van der Waals surface area contributed by atoms with Crippen molar-refractivity contribution < 1.29 is 14.0 Å². The zero-order valence-corrected chi connectivity index (χ0v) is 17.4. The molecule has 1 aliphatic heterocycles. The monoisotopic (exact) mass is 391 g/mol. The molecule has 1 aliphatic rings. The number of halogens is 1. The standard InChI is InChI=1S/C22H34FN3O2/c1-4-25-11-13-26(14-12-25)22(28)9-10-24-21(27)16-19(15-17(2)3)18-5-7-20(23)8-6-18/h5-8,17,19H,4,9-16H2,1-3H3,(H,24,27). The Balaban J connectivity index is 1.77. The summed E-state index contributed by atoms with van der Waals surface area (Å²) < 4.78 is 13.2. The van der Waals surface area contributed by atoms with E-state index in [1.165, 1.54) is 12.1 Å². The van der Waals surface area contributed by atoms with E-state index in [9.17, 15) is 14.0 Å². The lowest BCUT2D eigenvalue weighted by molar-refractivity contribution is -0.132. The maximum absolute atomic E-state index is 13.2. The molecule has 2 amide bonds. The number of benzene rings is 1. The zero-order valence-electron chi connectivity index (χ0n) is 17.4. The average Bonchev–Trinajstić information content (AvgIpc) is 2.67. The number of carbonyl (C=O) groups excluding carboxylic acids is 2.